The van der Waals surface area contributed by atoms with Crippen LogP contribution in [0, 0.1) is 19.7 Å². The van der Waals surface area contributed by atoms with Gasteiger partial charge >= 0.3 is 5.69 Å². The van der Waals surface area contributed by atoms with Crippen molar-refractivity contribution in [2.24, 2.45) is 0 Å². The van der Waals surface area contributed by atoms with Crippen LogP contribution in [-0.2, 0) is 14.8 Å². The van der Waals surface area contributed by atoms with E-state index in [1.54, 1.807) is 13.0 Å². The van der Waals surface area contributed by atoms with Gasteiger partial charge in [0.2, 0.25) is 15.9 Å². The van der Waals surface area contributed by atoms with Crippen molar-refractivity contribution < 1.29 is 17.6 Å². The summed E-state index contributed by atoms with van der Waals surface area (Å²) in [5, 5.41) is 2.67. The van der Waals surface area contributed by atoms with Gasteiger partial charge in [-0.1, -0.05) is 6.07 Å². The van der Waals surface area contributed by atoms with Gasteiger partial charge in [0.05, 0.1) is 28.7 Å². The zero-order valence-corrected chi connectivity index (χ0v) is 16.3. The number of hydrogen-bond acceptors (Lipinski definition) is 4. The summed E-state index contributed by atoms with van der Waals surface area (Å²) in [5.74, 6) is -1.25. The molecule has 3 rings (SSSR count). The van der Waals surface area contributed by atoms with E-state index in [9.17, 15) is 22.4 Å². The van der Waals surface area contributed by atoms with Gasteiger partial charge in [-0.2, -0.15) is 0 Å². The molecule has 148 valence electrons. The zero-order chi connectivity index (χ0) is 20.6. The lowest BCUT2D eigenvalue weighted by Gasteiger charge is -2.22. The number of aryl methyl sites for hydroxylation is 1. The predicted molar refractivity (Wildman–Crippen MR) is 106 cm³/mol. The highest BCUT2D eigenvalue weighted by atomic mass is 32.2. The number of hydrogen-bond donors (Lipinski definition) is 3. The van der Waals surface area contributed by atoms with Crippen LogP contribution in [0.4, 0.5) is 15.8 Å². The topological polar surface area (TPSA) is 115 Å². The monoisotopic (exact) mass is 406 g/mol. The summed E-state index contributed by atoms with van der Waals surface area (Å²) in [7, 11) is -3.84. The lowest BCUT2D eigenvalue weighted by Crippen LogP contribution is -2.37. The van der Waals surface area contributed by atoms with Crippen LogP contribution in [-0.4, -0.2) is 37.1 Å². The quantitative estimate of drug-likeness (QED) is 0.601. The van der Waals surface area contributed by atoms with E-state index in [1.807, 2.05) is 6.92 Å². The van der Waals surface area contributed by atoms with Crippen molar-refractivity contribution in [3.63, 3.8) is 0 Å². The second-order valence-electron chi connectivity index (χ2n) is 6.49. The second kappa shape index (κ2) is 7.12. The molecule has 28 heavy (non-hydrogen) atoms. The van der Waals surface area contributed by atoms with E-state index >= 15 is 0 Å². The Bertz CT molecular complexity index is 1230. The summed E-state index contributed by atoms with van der Waals surface area (Å²) in [5.41, 5.74) is 2.50. The number of amides is 1. The minimum Gasteiger partial charge on any atom is -0.322 e. The number of fused-ring (bicyclic) bond motifs is 1. The Kier molecular flexibility index (Phi) is 4.99. The molecule has 0 saturated heterocycles. The minimum absolute atomic E-state index is 0.0406. The van der Waals surface area contributed by atoms with Gasteiger partial charge in [0.1, 0.15) is 12.4 Å². The molecular weight excluding hydrogens is 387 g/mol. The Balaban J connectivity index is 1.96. The maximum atomic E-state index is 13.5. The fourth-order valence-corrected chi connectivity index (χ4v) is 3.76. The number of imidazole rings is 1. The first-order valence-corrected chi connectivity index (χ1v) is 10.2. The number of carbonyl (C=O) groups is 1. The standard InChI is InChI=1S/C18H19FN4O4S/c1-10-7-14-17(22-18(25)20-14)16(11(10)2)21-15(24)9-23(28(3,26)27)13-6-4-5-12(19)8-13/h4-8H,9H2,1-3H3,(H,21,24)(H2,20,22,25). The van der Waals surface area contributed by atoms with Gasteiger partial charge in [0.25, 0.3) is 0 Å². The number of H-pyrrole nitrogens is 2. The van der Waals surface area contributed by atoms with Crippen molar-refractivity contribution in [3.8, 4) is 0 Å². The Morgan fingerprint density at radius 3 is 2.57 bits per heavy atom. The first-order valence-electron chi connectivity index (χ1n) is 8.31. The third kappa shape index (κ3) is 3.91. The fraction of sp³-hybridized carbons (Fsp3) is 0.222. The van der Waals surface area contributed by atoms with E-state index in [0.717, 1.165) is 27.8 Å². The number of halogens is 1. The summed E-state index contributed by atoms with van der Waals surface area (Å²) in [6, 6.07) is 6.75. The van der Waals surface area contributed by atoms with Crippen LogP contribution in [0.5, 0.6) is 0 Å². The van der Waals surface area contributed by atoms with E-state index in [2.05, 4.69) is 15.3 Å². The van der Waals surface area contributed by atoms with Crippen molar-refractivity contribution >= 4 is 38.3 Å². The number of nitrogens with one attached hydrogen (secondary N) is 3. The van der Waals surface area contributed by atoms with Gasteiger partial charge < -0.3 is 15.3 Å². The minimum atomic E-state index is -3.84. The smallest absolute Gasteiger partial charge is 0.322 e. The molecule has 0 bridgehead atoms. The van der Waals surface area contributed by atoms with Gasteiger partial charge in [-0.15, -0.1) is 0 Å². The Morgan fingerprint density at radius 1 is 1.21 bits per heavy atom. The Morgan fingerprint density at radius 2 is 1.93 bits per heavy atom. The molecule has 0 atom stereocenters. The highest BCUT2D eigenvalue weighted by Crippen LogP contribution is 2.27. The van der Waals surface area contributed by atoms with Crippen molar-refractivity contribution in [3.05, 3.63) is 57.8 Å². The summed E-state index contributed by atoms with van der Waals surface area (Å²) in [4.78, 5) is 29.5. The molecule has 0 fully saturated rings. The summed E-state index contributed by atoms with van der Waals surface area (Å²) in [6.45, 7) is 3.05. The SMILES string of the molecule is Cc1cc2[nH]c(=O)[nH]c2c(NC(=O)CN(c2cccc(F)c2)S(C)(=O)=O)c1C. The van der Waals surface area contributed by atoms with Gasteiger partial charge in [0, 0.05) is 0 Å². The lowest BCUT2D eigenvalue weighted by molar-refractivity contribution is -0.114. The van der Waals surface area contributed by atoms with Crippen molar-refractivity contribution in [1.29, 1.82) is 0 Å². The normalized spacial score (nSPS) is 11.6. The molecular formula is C18H19FN4O4S. The molecule has 0 aliphatic rings. The Labute approximate surface area is 160 Å². The molecule has 0 aliphatic carbocycles. The number of benzene rings is 2. The molecule has 1 amide bonds. The molecule has 0 aliphatic heterocycles. The number of aromatic amines is 2. The van der Waals surface area contributed by atoms with Crippen LogP contribution in [0.15, 0.2) is 35.1 Å². The van der Waals surface area contributed by atoms with Crippen LogP contribution in [0.2, 0.25) is 0 Å². The van der Waals surface area contributed by atoms with Crippen molar-refractivity contribution in [1.82, 2.24) is 9.97 Å². The molecule has 8 nitrogen and oxygen atoms in total. The van der Waals surface area contributed by atoms with Crippen LogP contribution >= 0.6 is 0 Å². The largest absolute Gasteiger partial charge is 0.323 e. The molecule has 0 spiro atoms. The molecule has 10 heteroatoms. The van der Waals surface area contributed by atoms with Crippen molar-refractivity contribution in [2.75, 3.05) is 22.4 Å². The molecule has 1 aromatic heterocycles. The van der Waals surface area contributed by atoms with Gasteiger partial charge in [-0.05, 0) is 49.2 Å². The zero-order valence-electron chi connectivity index (χ0n) is 15.5. The third-order valence-corrected chi connectivity index (χ3v) is 5.52. The van der Waals surface area contributed by atoms with E-state index < -0.39 is 34.0 Å². The van der Waals surface area contributed by atoms with E-state index in [4.69, 9.17) is 0 Å². The molecule has 0 radical (unpaired) electrons. The van der Waals surface area contributed by atoms with E-state index in [1.165, 1.54) is 18.2 Å². The average Bonchev–Trinajstić information content (AvgIpc) is 2.95. The maximum absolute atomic E-state index is 13.5. The first-order chi connectivity index (χ1) is 13.1. The number of rotatable bonds is 5. The predicted octanol–water partition coefficient (Wildman–Crippen LogP) is 2.02. The van der Waals surface area contributed by atoms with Gasteiger partial charge in [0.15, 0.2) is 0 Å². The molecule has 0 saturated carbocycles. The van der Waals surface area contributed by atoms with Crippen LogP contribution in [0.3, 0.4) is 0 Å². The first kappa shape index (κ1) is 19.6. The number of aromatic nitrogens is 2. The van der Waals surface area contributed by atoms with Crippen molar-refractivity contribution in [2.45, 2.75) is 13.8 Å². The summed E-state index contributed by atoms with van der Waals surface area (Å²) < 4.78 is 38.6. The summed E-state index contributed by atoms with van der Waals surface area (Å²) in [6.07, 6.45) is 0.935. The van der Waals surface area contributed by atoms with Crippen LogP contribution in [0.25, 0.3) is 11.0 Å². The Hall–Kier alpha value is -3.14. The van der Waals surface area contributed by atoms with E-state index in [-0.39, 0.29) is 5.69 Å². The highest BCUT2D eigenvalue weighted by Gasteiger charge is 2.22. The fourth-order valence-electron chi connectivity index (χ4n) is 2.91. The third-order valence-electron chi connectivity index (χ3n) is 4.38. The molecule has 3 aromatic rings. The molecule has 2 aromatic carbocycles. The lowest BCUT2D eigenvalue weighted by atomic mass is 10.1. The summed E-state index contributed by atoms with van der Waals surface area (Å²) >= 11 is 0. The second-order valence-corrected chi connectivity index (χ2v) is 8.40. The van der Waals surface area contributed by atoms with E-state index in [0.29, 0.717) is 16.7 Å². The van der Waals surface area contributed by atoms with Gasteiger partial charge in [-0.3, -0.25) is 9.10 Å². The number of anilines is 2. The van der Waals surface area contributed by atoms with Gasteiger partial charge in [-0.25, -0.2) is 17.6 Å². The maximum Gasteiger partial charge on any atom is 0.323 e. The number of sulfonamides is 1. The van der Waals surface area contributed by atoms with Crippen LogP contribution < -0.4 is 15.3 Å². The number of nitrogens with zero attached hydrogens (tertiary/aromatic N) is 1. The highest BCUT2D eigenvalue weighted by molar-refractivity contribution is 7.92. The molecule has 1 heterocycles. The number of carbonyl (C=O) groups excluding carboxylic acids is 1. The van der Waals surface area contributed by atoms with Crippen LogP contribution in [0.1, 0.15) is 11.1 Å². The molecule has 0 unspecified atom stereocenters. The average molecular weight is 406 g/mol. The molecule has 3 N–H and O–H groups in total.